The zero-order valence-corrected chi connectivity index (χ0v) is 17.0. The van der Waals surface area contributed by atoms with E-state index < -0.39 is 7.32 Å². The standard InChI is InChI=1S/C20H25BCl2O3/c1-4-20(5-2,6-3)15-24-21(25-18-13-9-7-11-16(18)22)26-19-14-10-8-12-17(19)23/h7-14H,4-6,15H2,1-3H3. The third-order valence-electron chi connectivity index (χ3n) is 4.90. The molecule has 2 aromatic rings. The van der Waals surface area contributed by atoms with E-state index >= 15 is 0 Å². The molecule has 0 fully saturated rings. The maximum atomic E-state index is 6.21. The van der Waals surface area contributed by atoms with Crippen molar-refractivity contribution in [1.29, 1.82) is 0 Å². The Morgan fingerprint density at radius 2 is 1.19 bits per heavy atom. The Hall–Kier alpha value is -1.36. The van der Waals surface area contributed by atoms with E-state index in [9.17, 15) is 0 Å². The van der Waals surface area contributed by atoms with Crippen LogP contribution in [0.3, 0.4) is 0 Å². The molecule has 6 heteroatoms. The van der Waals surface area contributed by atoms with Gasteiger partial charge in [-0.2, -0.15) is 0 Å². The fourth-order valence-corrected chi connectivity index (χ4v) is 3.04. The molecule has 0 saturated heterocycles. The van der Waals surface area contributed by atoms with Crippen LogP contribution >= 0.6 is 23.2 Å². The molecule has 0 spiro atoms. The molecule has 0 atom stereocenters. The van der Waals surface area contributed by atoms with Crippen molar-refractivity contribution in [3.63, 3.8) is 0 Å². The Balaban J connectivity index is 2.18. The maximum absolute atomic E-state index is 6.21. The molecule has 0 aliphatic carbocycles. The molecule has 0 aromatic heterocycles. The van der Waals surface area contributed by atoms with Crippen LogP contribution in [0.5, 0.6) is 11.5 Å². The van der Waals surface area contributed by atoms with Crippen molar-refractivity contribution in [3.8, 4) is 11.5 Å². The second kappa shape index (κ2) is 10.1. The number of hydrogen-bond donors (Lipinski definition) is 0. The van der Waals surface area contributed by atoms with E-state index in [0.717, 1.165) is 19.3 Å². The third kappa shape index (κ3) is 5.57. The Kier molecular flexibility index (Phi) is 8.14. The van der Waals surface area contributed by atoms with Gasteiger partial charge in [0.05, 0.1) is 10.0 Å². The summed E-state index contributed by atoms with van der Waals surface area (Å²) in [5.41, 5.74) is 0.0892. The van der Waals surface area contributed by atoms with Crippen LogP contribution in [0.1, 0.15) is 40.0 Å². The van der Waals surface area contributed by atoms with Crippen molar-refractivity contribution in [2.45, 2.75) is 40.0 Å². The van der Waals surface area contributed by atoms with Gasteiger partial charge in [0.25, 0.3) is 0 Å². The Morgan fingerprint density at radius 1 is 0.769 bits per heavy atom. The monoisotopic (exact) mass is 394 g/mol. The Labute approximate surface area is 166 Å². The van der Waals surface area contributed by atoms with E-state index in [0.29, 0.717) is 28.2 Å². The molecule has 0 heterocycles. The molecule has 0 radical (unpaired) electrons. The van der Waals surface area contributed by atoms with E-state index in [1.807, 2.05) is 24.3 Å². The number of rotatable bonds is 10. The SMILES string of the molecule is CCC(CC)(CC)COB(Oc1ccccc1Cl)Oc1ccccc1Cl. The molecule has 140 valence electrons. The van der Waals surface area contributed by atoms with Gasteiger partial charge in [-0.1, -0.05) is 68.2 Å². The predicted octanol–water partition coefficient (Wildman–Crippen LogP) is 6.67. The van der Waals surface area contributed by atoms with Crippen LogP contribution in [0.15, 0.2) is 48.5 Å². The summed E-state index contributed by atoms with van der Waals surface area (Å²) in [4.78, 5) is 0. The van der Waals surface area contributed by atoms with Gasteiger partial charge in [0.1, 0.15) is 11.5 Å². The molecule has 0 amide bonds. The van der Waals surface area contributed by atoms with Gasteiger partial charge in [0.15, 0.2) is 0 Å². The van der Waals surface area contributed by atoms with Gasteiger partial charge >= 0.3 is 7.32 Å². The first kappa shape index (κ1) is 21.0. The average Bonchev–Trinajstić information content (AvgIpc) is 2.66. The van der Waals surface area contributed by atoms with Crippen molar-refractivity contribution >= 4 is 30.5 Å². The van der Waals surface area contributed by atoms with Crippen LogP contribution in [0, 0.1) is 5.41 Å². The summed E-state index contributed by atoms with van der Waals surface area (Å²) in [6.45, 7) is 7.05. The molecule has 0 unspecified atom stereocenters. The lowest BCUT2D eigenvalue weighted by Gasteiger charge is -2.31. The molecular formula is C20H25BCl2O3. The highest BCUT2D eigenvalue weighted by Crippen LogP contribution is 2.32. The zero-order valence-electron chi connectivity index (χ0n) is 15.5. The van der Waals surface area contributed by atoms with Crippen molar-refractivity contribution in [2.24, 2.45) is 5.41 Å². The highest BCUT2D eigenvalue weighted by molar-refractivity contribution is 6.40. The zero-order chi connectivity index (χ0) is 19.0. The molecule has 0 aliphatic rings. The molecule has 0 bridgehead atoms. The van der Waals surface area contributed by atoms with Crippen molar-refractivity contribution in [1.82, 2.24) is 0 Å². The minimum atomic E-state index is -0.946. The van der Waals surface area contributed by atoms with Gasteiger partial charge in [-0.05, 0) is 48.9 Å². The first-order valence-corrected chi connectivity index (χ1v) is 9.73. The molecule has 0 aliphatic heterocycles. The van der Waals surface area contributed by atoms with Gasteiger partial charge in [-0.15, -0.1) is 0 Å². The molecule has 3 nitrogen and oxygen atoms in total. The maximum Gasteiger partial charge on any atom is 0.788 e. The number of hydrogen-bond acceptors (Lipinski definition) is 3. The number of benzene rings is 2. The second-order valence-corrected chi connectivity index (χ2v) is 7.07. The summed E-state index contributed by atoms with van der Waals surface area (Å²) in [5, 5.41) is 0.994. The number of halogens is 2. The van der Waals surface area contributed by atoms with Gasteiger partial charge in [-0.3, -0.25) is 0 Å². The minimum absolute atomic E-state index is 0.0892. The first-order chi connectivity index (χ1) is 12.5. The smallest absolute Gasteiger partial charge is 0.500 e. The van der Waals surface area contributed by atoms with Crippen LogP contribution < -0.4 is 9.31 Å². The van der Waals surface area contributed by atoms with E-state index in [4.69, 9.17) is 37.2 Å². The van der Waals surface area contributed by atoms with Crippen LogP contribution in [0.4, 0.5) is 0 Å². The van der Waals surface area contributed by atoms with Crippen molar-refractivity contribution in [3.05, 3.63) is 58.6 Å². The fraction of sp³-hybridized carbons (Fsp3) is 0.400. The molecule has 0 saturated carbocycles. The third-order valence-corrected chi connectivity index (χ3v) is 5.52. The summed E-state index contributed by atoms with van der Waals surface area (Å²) in [6, 6.07) is 14.5. The summed E-state index contributed by atoms with van der Waals surface area (Å²) in [7, 11) is -0.946. The van der Waals surface area contributed by atoms with Gasteiger partial charge < -0.3 is 14.0 Å². The predicted molar refractivity (Wildman–Crippen MR) is 109 cm³/mol. The minimum Gasteiger partial charge on any atom is -0.500 e. The largest absolute Gasteiger partial charge is 0.788 e. The highest BCUT2D eigenvalue weighted by atomic mass is 35.5. The van der Waals surface area contributed by atoms with Crippen LogP contribution in [0.25, 0.3) is 0 Å². The summed E-state index contributed by atoms with van der Waals surface area (Å²) < 4.78 is 17.8. The molecule has 2 aromatic carbocycles. The lowest BCUT2D eigenvalue weighted by Crippen LogP contribution is -2.38. The second-order valence-electron chi connectivity index (χ2n) is 6.26. The topological polar surface area (TPSA) is 27.7 Å². The van der Waals surface area contributed by atoms with Crippen molar-refractivity contribution < 1.29 is 14.0 Å². The normalized spacial score (nSPS) is 11.3. The van der Waals surface area contributed by atoms with E-state index in [1.54, 1.807) is 24.3 Å². The molecule has 2 rings (SSSR count). The van der Waals surface area contributed by atoms with E-state index in [-0.39, 0.29) is 5.41 Å². The summed E-state index contributed by atoms with van der Waals surface area (Å²) >= 11 is 12.4. The average molecular weight is 395 g/mol. The van der Waals surface area contributed by atoms with Crippen LogP contribution in [-0.4, -0.2) is 13.9 Å². The van der Waals surface area contributed by atoms with Gasteiger partial charge in [-0.25, -0.2) is 0 Å². The quantitative estimate of drug-likeness (QED) is 0.421. The molecular weight excluding hydrogens is 370 g/mol. The van der Waals surface area contributed by atoms with Crippen LogP contribution in [0.2, 0.25) is 10.0 Å². The summed E-state index contributed by atoms with van der Waals surface area (Å²) in [6.07, 6.45) is 3.06. The number of para-hydroxylation sites is 2. The lowest BCUT2D eigenvalue weighted by atomic mass is 9.80. The van der Waals surface area contributed by atoms with Gasteiger partial charge in [0.2, 0.25) is 0 Å². The summed E-state index contributed by atoms with van der Waals surface area (Å²) in [5.74, 6) is 1.00. The highest BCUT2D eigenvalue weighted by Gasteiger charge is 2.33. The lowest BCUT2D eigenvalue weighted by molar-refractivity contribution is 0.0906. The van der Waals surface area contributed by atoms with Crippen LogP contribution in [-0.2, 0) is 4.65 Å². The fourth-order valence-electron chi connectivity index (χ4n) is 2.68. The Morgan fingerprint density at radius 3 is 1.58 bits per heavy atom. The van der Waals surface area contributed by atoms with Crippen molar-refractivity contribution in [2.75, 3.05) is 6.61 Å². The molecule has 26 heavy (non-hydrogen) atoms. The first-order valence-electron chi connectivity index (χ1n) is 8.97. The van der Waals surface area contributed by atoms with E-state index in [2.05, 4.69) is 20.8 Å². The van der Waals surface area contributed by atoms with Gasteiger partial charge in [0, 0.05) is 6.61 Å². The van der Waals surface area contributed by atoms with E-state index in [1.165, 1.54) is 0 Å². The Bertz CT molecular complexity index is 636. The molecule has 0 N–H and O–H groups in total.